The largest absolute Gasteiger partial charge is 0.487 e. The third kappa shape index (κ3) is 3.79. The van der Waals surface area contributed by atoms with Gasteiger partial charge in [-0.3, -0.25) is 4.79 Å². The quantitative estimate of drug-likeness (QED) is 0.633. The number of carbonyl (C=O) groups excluding carboxylic acids is 1. The van der Waals surface area contributed by atoms with E-state index in [1.54, 1.807) is 42.7 Å². The first-order valence-electron chi connectivity index (χ1n) is 7.06. The van der Waals surface area contributed by atoms with E-state index in [-0.39, 0.29) is 12.4 Å². The first-order valence-corrected chi connectivity index (χ1v) is 7.44. The molecule has 0 amide bonds. The van der Waals surface area contributed by atoms with Crippen LogP contribution in [0.2, 0.25) is 5.02 Å². The zero-order valence-electron chi connectivity index (χ0n) is 12.5. The Morgan fingerprint density at radius 1 is 1.22 bits per heavy atom. The highest BCUT2D eigenvalue weighted by Crippen LogP contribution is 2.22. The van der Waals surface area contributed by atoms with Crippen molar-refractivity contribution in [2.45, 2.75) is 13.5 Å². The van der Waals surface area contributed by atoms with Crippen LogP contribution in [0.5, 0.6) is 5.75 Å². The van der Waals surface area contributed by atoms with Gasteiger partial charge in [0.1, 0.15) is 24.3 Å². The van der Waals surface area contributed by atoms with Crippen molar-refractivity contribution in [3.05, 3.63) is 71.1 Å². The predicted octanol–water partition coefficient (Wildman–Crippen LogP) is 4.78. The second-order valence-electron chi connectivity index (χ2n) is 5.02. The van der Waals surface area contributed by atoms with Gasteiger partial charge in [0.2, 0.25) is 5.89 Å². The van der Waals surface area contributed by atoms with Crippen LogP contribution in [-0.2, 0) is 6.61 Å². The molecule has 2 aromatic carbocycles. The van der Waals surface area contributed by atoms with Gasteiger partial charge in [-0.05, 0) is 43.3 Å². The molecule has 1 aromatic heterocycles. The van der Waals surface area contributed by atoms with Crippen LogP contribution in [0.3, 0.4) is 0 Å². The second kappa shape index (κ2) is 6.67. The molecule has 0 N–H and O–H groups in total. The molecule has 0 aliphatic heterocycles. The average Bonchev–Trinajstić information content (AvgIpc) is 3.03. The van der Waals surface area contributed by atoms with Gasteiger partial charge >= 0.3 is 0 Å². The summed E-state index contributed by atoms with van der Waals surface area (Å²) < 4.78 is 11.1. The summed E-state index contributed by atoms with van der Waals surface area (Å²) in [5.41, 5.74) is 2.13. The Hall–Kier alpha value is -2.59. The number of ketones is 1. The summed E-state index contributed by atoms with van der Waals surface area (Å²) in [6, 6.07) is 14.3. The number of carbonyl (C=O) groups is 1. The fourth-order valence-corrected chi connectivity index (χ4v) is 2.19. The molecule has 0 aliphatic rings. The highest BCUT2D eigenvalue weighted by Gasteiger charge is 2.08. The fourth-order valence-electron chi connectivity index (χ4n) is 2.06. The average molecular weight is 328 g/mol. The number of Topliss-reactive ketones (excluding diaryl/α,β-unsaturated/α-hetero) is 1. The number of rotatable bonds is 5. The number of halogens is 1. The lowest BCUT2D eigenvalue weighted by Gasteiger charge is -2.04. The number of aromatic nitrogens is 1. The number of benzene rings is 2. The number of ether oxygens (including phenoxy) is 1. The van der Waals surface area contributed by atoms with Crippen molar-refractivity contribution in [1.82, 2.24) is 4.98 Å². The van der Waals surface area contributed by atoms with Crippen LogP contribution in [-0.4, -0.2) is 10.8 Å². The van der Waals surface area contributed by atoms with Crippen molar-refractivity contribution in [3.8, 4) is 17.2 Å². The van der Waals surface area contributed by atoms with Crippen molar-refractivity contribution in [2.24, 2.45) is 0 Å². The summed E-state index contributed by atoms with van der Waals surface area (Å²) >= 11 is 5.86. The van der Waals surface area contributed by atoms with E-state index in [0.717, 1.165) is 5.56 Å². The molecular formula is C18H14ClNO3. The summed E-state index contributed by atoms with van der Waals surface area (Å²) in [5, 5.41) is 0.661. The number of hydrogen-bond acceptors (Lipinski definition) is 4. The molecule has 5 heteroatoms. The lowest BCUT2D eigenvalue weighted by molar-refractivity contribution is 0.101. The second-order valence-corrected chi connectivity index (χ2v) is 5.46. The minimum Gasteiger partial charge on any atom is -0.487 e. The van der Waals surface area contributed by atoms with Crippen LogP contribution in [0.25, 0.3) is 11.5 Å². The predicted molar refractivity (Wildman–Crippen MR) is 87.7 cm³/mol. The van der Waals surface area contributed by atoms with Gasteiger partial charge in [-0.25, -0.2) is 4.98 Å². The Balaban J connectivity index is 1.69. The van der Waals surface area contributed by atoms with E-state index in [9.17, 15) is 4.79 Å². The zero-order chi connectivity index (χ0) is 16.2. The smallest absolute Gasteiger partial charge is 0.226 e. The lowest BCUT2D eigenvalue weighted by atomic mass is 10.1. The third-order valence-corrected chi connectivity index (χ3v) is 3.52. The highest BCUT2D eigenvalue weighted by atomic mass is 35.5. The van der Waals surface area contributed by atoms with Crippen LogP contribution in [0.4, 0.5) is 0 Å². The van der Waals surface area contributed by atoms with Crippen LogP contribution in [0, 0.1) is 0 Å². The summed E-state index contributed by atoms with van der Waals surface area (Å²) in [6.45, 7) is 1.79. The van der Waals surface area contributed by atoms with E-state index in [1.807, 2.05) is 12.1 Å². The van der Waals surface area contributed by atoms with Gasteiger partial charge in [0.05, 0.1) is 0 Å². The van der Waals surface area contributed by atoms with Gasteiger partial charge in [-0.1, -0.05) is 23.7 Å². The van der Waals surface area contributed by atoms with Gasteiger partial charge in [0.25, 0.3) is 0 Å². The maximum absolute atomic E-state index is 11.4. The normalized spacial score (nSPS) is 10.5. The SMILES string of the molecule is CC(=O)c1cccc(OCc2coc(-c3ccc(Cl)cc3)n2)c1. The molecule has 23 heavy (non-hydrogen) atoms. The molecule has 0 saturated carbocycles. The van der Waals surface area contributed by atoms with Crippen LogP contribution in [0.1, 0.15) is 23.0 Å². The Labute approximate surface area is 138 Å². The molecule has 0 spiro atoms. The van der Waals surface area contributed by atoms with Crippen LogP contribution >= 0.6 is 11.6 Å². The van der Waals surface area contributed by atoms with Crippen molar-refractivity contribution in [2.75, 3.05) is 0 Å². The van der Waals surface area contributed by atoms with E-state index < -0.39 is 0 Å². The Kier molecular flexibility index (Phi) is 4.44. The summed E-state index contributed by atoms with van der Waals surface area (Å²) in [4.78, 5) is 15.7. The molecule has 0 atom stereocenters. The van der Waals surface area contributed by atoms with Gasteiger partial charge in [0.15, 0.2) is 5.78 Å². The summed E-state index contributed by atoms with van der Waals surface area (Å²) in [7, 11) is 0. The van der Waals surface area contributed by atoms with Crippen molar-refractivity contribution >= 4 is 17.4 Å². The molecule has 3 rings (SSSR count). The lowest BCUT2D eigenvalue weighted by Crippen LogP contribution is -1.98. The Bertz CT molecular complexity index is 824. The maximum atomic E-state index is 11.4. The van der Waals surface area contributed by atoms with Crippen LogP contribution < -0.4 is 4.74 Å². The molecule has 0 radical (unpaired) electrons. The van der Waals surface area contributed by atoms with E-state index in [1.165, 1.54) is 6.92 Å². The highest BCUT2D eigenvalue weighted by molar-refractivity contribution is 6.30. The standard InChI is InChI=1S/C18H14ClNO3/c1-12(21)14-3-2-4-17(9-14)22-10-16-11-23-18(20-16)13-5-7-15(19)8-6-13/h2-9,11H,10H2,1H3. The van der Waals surface area contributed by atoms with Crippen molar-refractivity contribution < 1.29 is 13.9 Å². The zero-order valence-corrected chi connectivity index (χ0v) is 13.2. The van der Waals surface area contributed by atoms with Gasteiger partial charge in [0, 0.05) is 16.1 Å². The van der Waals surface area contributed by atoms with Crippen LogP contribution in [0.15, 0.2) is 59.2 Å². The topological polar surface area (TPSA) is 52.3 Å². The summed E-state index contributed by atoms with van der Waals surface area (Å²) in [5.74, 6) is 1.13. The maximum Gasteiger partial charge on any atom is 0.226 e. The number of nitrogens with zero attached hydrogens (tertiary/aromatic N) is 1. The Morgan fingerprint density at radius 2 is 2.00 bits per heavy atom. The minimum absolute atomic E-state index is 0.00177. The molecule has 0 bridgehead atoms. The molecule has 4 nitrogen and oxygen atoms in total. The molecule has 1 heterocycles. The van der Waals surface area contributed by atoms with Crippen molar-refractivity contribution in [3.63, 3.8) is 0 Å². The van der Waals surface area contributed by atoms with E-state index in [0.29, 0.717) is 27.9 Å². The molecule has 0 fully saturated rings. The monoisotopic (exact) mass is 327 g/mol. The molecule has 0 saturated heterocycles. The molecule has 116 valence electrons. The van der Waals surface area contributed by atoms with Gasteiger partial charge < -0.3 is 9.15 Å². The molecular weight excluding hydrogens is 314 g/mol. The first kappa shape index (κ1) is 15.3. The number of oxazole rings is 1. The third-order valence-electron chi connectivity index (χ3n) is 3.27. The van der Waals surface area contributed by atoms with Gasteiger partial charge in [-0.2, -0.15) is 0 Å². The molecule has 0 aliphatic carbocycles. The van der Waals surface area contributed by atoms with E-state index in [4.69, 9.17) is 20.8 Å². The minimum atomic E-state index is 0.00177. The number of hydrogen-bond donors (Lipinski definition) is 0. The Morgan fingerprint density at radius 3 is 2.74 bits per heavy atom. The first-order chi connectivity index (χ1) is 11.1. The van der Waals surface area contributed by atoms with E-state index in [2.05, 4.69) is 4.98 Å². The van der Waals surface area contributed by atoms with E-state index >= 15 is 0 Å². The van der Waals surface area contributed by atoms with Gasteiger partial charge in [-0.15, -0.1) is 0 Å². The fraction of sp³-hybridized carbons (Fsp3) is 0.111. The van der Waals surface area contributed by atoms with Crippen molar-refractivity contribution in [1.29, 1.82) is 0 Å². The molecule has 0 unspecified atom stereocenters. The summed E-state index contributed by atoms with van der Waals surface area (Å²) in [6.07, 6.45) is 1.55. The molecule has 3 aromatic rings.